The highest BCUT2D eigenvalue weighted by Crippen LogP contribution is 2.27. The third kappa shape index (κ3) is 6.46. The second-order valence-corrected chi connectivity index (χ2v) is 11.8. The van der Waals surface area contributed by atoms with E-state index in [-0.39, 0.29) is 24.0 Å². The minimum absolute atomic E-state index is 0.0143. The SMILES string of the molecule is CCOC(=O)[C@H](CC(C)C)N(Cc1cccc(N)c1)S(=O)(=O)c1ccc(Cn2c(C)nc3cnccc32)cc1. The second-order valence-electron chi connectivity index (χ2n) is 9.95. The standard InChI is InChI=1S/C29H35N5O4S/c1-5-38-29(35)28(15-20(2)3)34(19-23-7-6-8-24(30)16-23)39(36,37)25-11-9-22(10-12-25)18-33-21(4)32-26-17-31-14-13-27(26)33/h6-14,16-17,20,28H,5,15,18-19,30H2,1-4H3/t28-/m0/s1. The number of ether oxygens (including phenoxy) is 1. The van der Waals surface area contributed by atoms with Crippen LogP contribution in [0.2, 0.25) is 0 Å². The number of carbonyl (C=O) groups is 1. The summed E-state index contributed by atoms with van der Waals surface area (Å²) in [5.41, 5.74) is 9.85. The van der Waals surface area contributed by atoms with Gasteiger partial charge in [-0.1, -0.05) is 38.1 Å². The largest absolute Gasteiger partial charge is 0.465 e. The van der Waals surface area contributed by atoms with E-state index in [2.05, 4.69) is 14.5 Å². The van der Waals surface area contributed by atoms with E-state index in [1.54, 1.807) is 67.8 Å². The fourth-order valence-corrected chi connectivity index (χ4v) is 6.21. The van der Waals surface area contributed by atoms with E-state index in [0.29, 0.717) is 24.2 Å². The van der Waals surface area contributed by atoms with Crippen molar-refractivity contribution >= 4 is 32.7 Å². The number of aromatic nitrogens is 3. The predicted molar refractivity (Wildman–Crippen MR) is 151 cm³/mol. The van der Waals surface area contributed by atoms with Crippen LogP contribution in [-0.4, -0.2) is 45.9 Å². The highest BCUT2D eigenvalue weighted by Gasteiger charge is 2.37. The van der Waals surface area contributed by atoms with Gasteiger partial charge in [-0.05, 0) is 67.6 Å². The van der Waals surface area contributed by atoms with Gasteiger partial charge in [-0.3, -0.25) is 9.78 Å². The Morgan fingerprint density at radius 1 is 1.10 bits per heavy atom. The number of nitrogen functional groups attached to an aromatic ring is 1. The molecule has 0 aliphatic rings. The van der Waals surface area contributed by atoms with Gasteiger partial charge in [-0.15, -0.1) is 0 Å². The number of carbonyl (C=O) groups excluding carboxylic acids is 1. The molecule has 2 aromatic carbocycles. The molecule has 0 aliphatic heterocycles. The van der Waals surface area contributed by atoms with Gasteiger partial charge in [0.25, 0.3) is 0 Å². The van der Waals surface area contributed by atoms with Gasteiger partial charge in [-0.2, -0.15) is 4.31 Å². The number of anilines is 1. The number of aryl methyl sites for hydroxylation is 1. The summed E-state index contributed by atoms with van der Waals surface area (Å²) in [5.74, 6) is 0.338. The van der Waals surface area contributed by atoms with Crippen molar-refractivity contribution in [3.63, 3.8) is 0 Å². The zero-order valence-electron chi connectivity index (χ0n) is 22.7. The van der Waals surface area contributed by atoms with Gasteiger partial charge in [0, 0.05) is 25.0 Å². The Hall–Kier alpha value is -3.76. The molecule has 206 valence electrons. The topological polar surface area (TPSA) is 120 Å². The number of esters is 1. The third-order valence-electron chi connectivity index (χ3n) is 6.50. The zero-order chi connectivity index (χ0) is 28.2. The molecule has 0 spiro atoms. The molecule has 0 saturated heterocycles. The van der Waals surface area contributed by atoms with Crippen LogP contribution < -0.4 is 5.73 Å². The number of pyridine rings is 1. The lowest BCUT2D eigenvalue weighted by Crippen LogP contribution is -2.46. The maximum atomic E-state index is 14.1. The van der Waals surface area contributed by atoms with E-state index in [4.69, 9.17) is 10.5 Å². The van der Waals surface area contributed by atoms with E-state index >= 15 is 0 Å². The van der Waals surface area contributed by atoms with E-state index in [1.165, 1.54) is 4.31 Å². The Labute approximate surface area is 229 Å². The molecule has 0 amide bonds. The number of rotatable bonds is 11. The van der Waals surface area contributed by atoms with Crippen LogP contribution >= 0.6 is 0 Å². The van der Waals surface area contributed by atoms with Crippen molar-refractivity contribution in [2.45, 2.75) is 58.1 Å². The molecule has 0 saturated carbocycles. The first-order chi connectivity index (χ1) is 18.6. The third-order valence-corrected chi connectivity index (χ3v) is 8.37. The summed E-state index contributed by atoms with van der Waals surface area (Å²) in [4.78, 5) is 21.8. The molecule has 2 heterocycles. The Morgan fingerprint density at radius 3 is 2.51 bits per heavy atom. The predicted octanol–water partition coefficient (Wildman–Crippen LogP) is 4.54. The molecule has 2 aromatic heterocycles. The van der Waals surface area contributed by atoms with Crippen LogP contribution in [0.5, 0.6) is 0 Å². The van der Waals surface area contributed by atoms with Gasteiger partial charge in [0.2, 0.25) is 10.0 Å². The number of benzene rings is 2. The first-order valence-corrected chi connectivity index (χ1v) is 14.4. The first kappa shape index (κ1) is 28.3. The average Bonchev–Trinajstić information content (AvgIpc) is 3.21. The van der Waals surface area contributed by atoms with E-state index in [0.717, 1.165) is 22.4 Å². The number of fused-ring (bicyclic) bond motifs is 1. The van der Waals surface area contributed by atoms with Gasteiger partial charge in [-0.25, -0.2) is 13.4 Å². The fraction of sp³-hybridized carbons (Fsp3) is 0.345. The molecular weight excluding hydrogens is 514 g/mol. The zero-order valence-corrected chi connectivity index (χ0v) is 23.6. The van der Waals surface area contributed by atoms with Crippen molar-refractivity contribution in [3.8, 4) is 0 Å². The molecule has 0 bridgehead atoms. The summed E-state index contributed by atoms with van der Waals surface area (Å²) in [6.07, 6.45) is 3.77. The Morgan fingerprint density at radius 2 is 1.85 bits per heavy atom. The molecule has 10 heteroatoms. The molecule has 2 N–H and O–H groups in total. The molecule has 1 atom stereocenters. The Kier molecular flexibility index (Phi) is 8.66. The monoisotopic (exact) mass is 549 g/mol. The van der Waals surface area contributed by atoms with Gasteiger partial charge < -0.3 is 15.0 Å². The van der Waals surface area contributed by atoms with Gasteiger partial charge in [0.1, 0.15) is 17.4 Å². The average molecular weight is 550 g/mol. The van der Waals surface area contributed by atoms with Crippen LogP contribution in [0.4, 0.5) is 5.69 Å². The molecule has 9 nitrogen and oxygen atoms in total. The van der Waals surface area contributed by atoms with Crippen LogP contribution in [0.25, 0.3) is 11.0 Å². The van der Waals surface area contributed by atoms with Gasteiger partial charge in [0.15, 0.2) is 0 Å². The summed E-state index contributed by atoms with van der Waals surface area (Å²) in [7, 11) is -4.08. The summed E-state index contributed by atoms with van der Waals surface area (Å²) in [5, 5.41) is 0. The normalized spacial score (nSPS) is 12.8. The summed E-state index contributed by atoms with van der Waals surface area (Å²) >= 11 is 0. The lowest BCUT2D eigenvalue weighted by atomic mass is 10.0. The number of nitrogens with two attached hydrogens (primary N) is 1. The number of hydrogen-bond donors (Lipinski definition) is 1. The number of sulfonamides is 1. The smallest absolute Gasteiger partial charge is 0.324 e. The molecule has 0 aliphatic carbocycles. The van der Waals surface area contributed by atoms with E-state index in [1.807, 2.05) is 26.8 Å². The van der Waals surface area contributed by atoms with Crippen LogP contribution in [0.3, 0.4) is 0 Å². The van der Waals surface area contributed by atoms with Crippen LogP contribution in [-0.2, 0) is 32.6 Å². The number of imidazole rings is 1. The quantitative estimate of drug-likeness (QED) is 0.215. The molecule has 4 aromatic rings. The van der Waals surface area contributed by atoms with Crippen LogP contribution in [0.15, 0.2) is 71.9 Å². The van der Waals surface area contributed by atoms with Crippen molar-refractivity contribution < 1.29 is 17.9 Å². The van der Waals surface area contributed by atoms with Crippen molar-refractivity contribution in [1.82, 2.24) is 18.8 Å². The number of nitrogens with zero attached hydrogens (tertiary/aromatic N) is 4. The molecule has 0 unspecified atom stereocenters. The maximum absolute atomic E-state index is 14.1. The summed E-state index contributed by atoms with van der Waals surface area (Å²) in [6.45, 7) is 8.21. The first-order valence-electron chi connectivity index (χ1n) is 13.0. The lowest BCUT2D eigenvalue weighted by molar-refractivity contribution is -0.148. The number of hydrogen-bond acceptors (Lipinski definition) is 7. The maximum Gasteiger partial charge on any atom is 0.324 e. The van der Waals surface area contributed by atoms with Crippen LogP contribution in [0, 0.1) is 12.8 Å². The minimum atomic E-state index is -4.08. The van der Waals surface area contributed by atoms with Gasteiger partial charge >= 0.3 is 5.97 Å². The second kappa shape index (κ2) is 12.0. The molecule has 0 fully saturated rings. The fourth-order valence-electron chi connectivity index (χ4n) is 4.64. The molecule has 39 heavy (non-hydrogen) atoms. The van der Waals surface area contributed by atoms with Crippen molar-refractivity contribution in [2.75, 3.05) is 12.3 Å². The van der Waals surface area contributed by atoms with Crippen LogP contribution in [0.1, 0.15) is 44.1 Å². The minimum Gasteiger partial charge on any atom is -0.465 e. The molecular formula is C29H35N5O4S. The molecule has 4 rings (SSSR count). The Balaban J connectivity index is 1.69. The summed E-state index contributed by atoms with van der Waals surface area (Å²) in [6, 6.07) is 14.7. The highest BCUT2D eigenvalue weighted by molar-refractivity contribution is 7.89. The molecule has 0 radical (unpaired) electrons. The van der Waals surface area contributed by atoms with Gasteiger partial charge in [0.05, 0.1) is 23.2 Å². The van der Waals surface area contributed by atoms with Crippen molar-refractivity contribution in [2.24, 2.45) is 5.92 Å². The van der Waals surface area contributed by atoms with Crippen molar-refractivity contribution in [3.05, 3.63) is 83.9 Å². The van der Waals surface area contributed by atoms with E-state index in [9.17, 15) is 13.2 Å². The summed E-state index contributed by atoms with van der Waals surface area (Å²) < 4.78 is 36.8. The Bertz CT molecular complexity index is 1550. The van der Waals surface area contributed by atoms with Crippen molar-refractivity contribution in [1.29, 1.82) is 0 Å². The van der Waals surface area contributed by atoms with E-state index < -0.39 is 22.0 Å². The lowest BCUT2D eigenvalue weighted by Gasteiger charge is -2.30. The highest BCUT2D eigenvalue weighted by atomic mass is 32.2.